The van der Waals surface area contributed by atoms with E-state index in [-0.39, 0.29) is 22.1 Å². The summed E-state index contributed by atoms with van der Waals surface area (Å²) in [7, 11) is 7.20. The van der Waals surface area contributed by atoms with Crippen LogP contribution in [-0.2, 0) is 9.59 Å². The number of carbonyl (C=O) groups is 3. The van der Waals surface area contributed by atoms with Crippen molar-refractivity contribution < 1.29 is 45.3 Å². The van der Waals surface area contributed by atoms with Crippen LogP contribution in [0.15, 0.2) is 0 Å². The number of hydrogen-bond acceptors (Lipinski definition) is 9. The minimum Gasteiger partial charge on any atom is -0.371 e. The quantitative estimate of drug-likeness (QED) is 0.0606. The van der Waals surface area contributed by atoms with Crippen LogP contribution in [0.1, 0.15) is 7.43 Å². The van der Waals surface area contributed by atoms with E-state index in [2.05, 4.69) is 20.6 Å². The molecule has 0 aromatic carbocycles. The minimum absolute atomic E-state index is 0. The molecule has 22 heteroatoms. The molecular weight excluding hydrogens is 664 g/mol. The van der Waals surface area contributed by atoms with Gasteiger partial charge in [-0.2, -0.15) is 30.9 Å². The number of amides is 3. The lowest BCUT2D eigenvalue weighted by Gasteiger charge is -2.32. The van der Waals surface area contributed by atoms with Crippen LogP contribution in [0.3, 0.4) is 0 Å². The van der Waals surface area contributed by atoms with Gasteiger partial charge >= 0.3 is 12.4 Å². The Morgan fingerprint density at radius 3 is 2.09 bits per heavy atom. The van der Waals surface area contributed by atoms with Crippen LogP contribution in [0.4, 0.5) is 31.1 Å². The second-order valence-corrected chi connectivity index (χ2v) is 18.3. The summed E-state index contributed by atoms with van der Waals surface area (Å²) in [5, 5.41) is 12.0. The molecule has 0 aliphatic carbocycles. The van der Waals surface area contributed by atoms with Gasteiger partial charge in [0, 0.05) is 39.3 Å². The number of fused-ring (bicyclic) bond motifs is 1. The van der Waals surface area contributed by atoms with Gasteiger partial charge in [0.05, 0.1) is 13.8 Å². The Labute approximate surface area is 264 Å². The summed E-state index contributed by atoms with van der Waals surface area (Å²) in [6.45, 7) is 1.13. The largest absolute Gasteiger partial charge is 0.405 e. The molecule has 43 heavy (non-hydrogen) atoms. The third-order valence-electron chi connectivity index (χ3n) is 5.14. The Bertz CT molecular complexity index is 978. The Balaban J connectivity index is 0.000000620. The van der Waals surface area contributed by atoms with Gasteiger partial charge in [0.2, 0.25) is 19.7 Å². The Morgan fingerprint density at radius 2 is 1.70 bits per heavy atom. The van der Waals surface area contributed by atoms with E-state index in [1.54, 1.807) is 26.9 Å². The van der Waals surface area contributed by atoms with Crippen molar-refractivity contribution >= 4 is 78.4 Å². The second kappa shape index (κ2) is 19.7. The zero-order chi connectivity index (χ0) is 33.7. The van der Waals surface area contributed by atoms with Gasteiger partial charge in [-0.25, -0.2) is 10.8 Å². The molecule has 6 N–H and O–H groups in total. The summed E-state index contributed by atoms with van der Waals surface area (Å²) in [4.78, 5) is 34.5. The predicted molar refractivity (Wildman–Crippen MR) is 170 cm³/mol. The lowest BCUT2D eigenvalue weighted by Crippen LogP contribution is -2.58. The number of halogens is 6. The number of rotatable bonds is 6. The van der Waals surface area contributed by atoms with E-state index >= 15 is 0 Å². The molecule has 0 bridgehead atoms. The van der Waals surface area contributed by atoms with Gasteiger partial charge in [0.15, 0.2) is 5.81 Å². The molecular formula is C21H38B2F6N6O4S4-2. The molecule has 0 saturated carbocycles. The van der Waals surface area contributed by atoms with E-state index in [0.29, 0.717) is 26.2 Å². The van der Waals surface area contributed by atoms with Gasteiger partial charge in [0.25, 0.3) is 0 Å². The summed E-state index contributed by atoms with van der Waals surface area (Å²) in [5.74, 6) is -0.769. The van der Waals surface area contributed by atoms with Crippen molar-refractivity contribution in [2.75, 3.05) is 64.4 Å². The van der Waals surface area contributed by atoms with Crippen molar-refractivity contribution in [2.24, 2.45) is 0 Å². The van der Waals surface area contributed by atoms with Crippen LogP contribution < -0.4 is 26.6 Å². The van der Waals surface area contributed by atoms with Gasteiger partial charge in [-0.3, -0.25) is 14.4 Å². The van der Waals surface area contributed by atoms with Crippen LogP contribution in [0, 0.1) is 4.58 Å². The van der Waals surface area contributed by atoms with Crippen molar-refractivity contribution in [3.63, 3.8) is 0 Å². The third-order valence-corrected chi connectivity index (χ3v) is 15.2. The van der Waals surface area contributed by atoms with E-state index < -0.39 is 73.7 Å². The molecule has 4 atom stereocenters. The van der Waals surface area contributed by atoms with Gasteiger partial charge in [-0.1, -0.05) is 14.2 Å². The summed E-state index contributed by atoms with van der Waals surface area (Å²) in [6, 6.07) is -1.43. The fourth-order valence-electron chi connectivity index (χ4n) is 3.03. The summed E-state index contributed by atoms with van der Waals surface area (Å²) in [5.41, 5.74) is 0. The molecule has 4 aliphatic rings. The number of hydrogen-bond donors (Lipinski definition) is 6. The highest BCUT2D eigenvalue weighted by molar-refractivity contribution is 9.43. The number of alkyl halides is 6. The summed E-state index contributed by atoms with van der Waals surface area (Å²) >= 11 is 0. The van der Waals surface area contributed by atoms with Crippen LogP contribution >= 0.6 is 40.4 Å². The van der Waals surface area contributed by atoms with E-state index in [9.17, 15) is 40.7 Å². The first kappa shape index (κ1) is 38.4. The molecule has 2 unspecified atom stereocenters. The van der Waals surface area contributed by atoms with E-state index in [1.165, 1.54) is 17.5 Å². The van der Waals surface area contributed by atoms with E-state index in [1.807, 2.05) is 16.1 Å². The first-order chi connectivity index (χ1) is 20.2. The van der Waals surface area contributed by atoms with E-state index in [0.717, 1.165) is 6.54 Å². The number of piperazine rings is 2. The van der Waals surface area contributed by atoms with E-state index in [4.69, 9.17) is 15.1 Å². The first-order valence-electron chi connectivity index (χ1n) is 13.3. The number of nitrogens with zero attached hydrogens (tertiary/aromatic N) is 1. The van der Waals surface area contributed by atoms with Crippen LogP contribution in [-0.4, -0.2) is 139 Å². The molecule has 0 aromatic rings. The Morgan fingerprint density at radius 1 is 1.21 bits per heavy atom. The standard InChI is InChI=1S/C8H11BF3N3O2.C7H12F3N3O.C4H6OS4.CH5B.CH4/c9-7(17)15-2-1-13-5(3-15)6(16)14-4-8(10,11)12;8-7(9,10)4-13-6(14)5-3-11-1-2-12-5;1-8(5)3-6-9-2-4(9)7-9;1-2;/h5,13H,1-4H2,(H,14,16);5,11-12H,1-4H2,(H,13,14);5H,2H2,1H3;2H2,1H3;1H4/q;;-2;;/t2*5-;;;/m00.../s1/i;;;2TD;. The average molecular weight is 705 g/mol. The Kier molecular flexibility index (Phi) is 17.6. The SMILES string of the molecule is C.CS(O)=[C-]SS12C[C-]1S2.O=C(NCC(F)(F)F)[C@@H]1CNCCN1.[2H]B([3H])C.[B]C(=O)N1CCN[C@H](C(=O)NCC(F)(F)F)C1. The second-order valence-electron chi connectivity index (χ2n) is 8.53. The molecule has 4 heterocycles. The molecule has 3 amide bonds. The molecule has 10 nitrogen and oxygen atoms in total. The fraction of sp³-hybridized carbons (Fsp3) is 0.762. The molecule has 4 saturated heterocycles. The van der Waals surface area contributed by atoms with Gasteiger partial charge < -0.3 is 70.4 Å². The van der Waals surface area contributed by atoms with Crippen LogP contribution in [0.5, 0.6) is 0 Å². The predicted octanol–water partition coefficient (Wildman–Crippen LogP) is 1.37. The maximum absolute atomic E-state index is 11.9. The molecule has 4 rings (SSSR count). The highest BCUT2D eigenvalue weighted by Crippen LogP contribution is 3.10. The van der Waals surface area contributed by atoms with Crippen LogP contribution in [0.25, 0.3) is 0 Å². The number of carbonyl (C=O) groups excluding carboxylic acids is 3. The molecule has 0 spiro atoms. The normalized spacial score (nSPS) is 27.0. The average Bonchev–Trinajstić information content (AvgIpc) is 3.80. The molecule has 250 valence electrons. The molecule has 2 radical (unpaired) electrons. The van der Waals surface area contributed by atoms with Crippen molar-refractivity contribution in [1.29, 1.82) is 2.67 Å². The smallest absolute Gasteiger partial charge is 0.371 e. The van der Waals surface area contributed by atoms with Crippen molar-refractivity contribution in [3.05, 3.63) is 4.58 Å². The van der Waals surface area contributed by atoms with Gasteiger partial charge in [-0.15, -0.1) is 5.75 Å². The zero-order valence-electron chi connectivity index (χ0n) is 24.7. The van der Waals surface area contributed by atoms with Crippen molar-refractivity contribution in [2.45, 2.75) is 38.7 Å². The zero-order valence-corrected chi connectivity index (χ0v) is 26.0. The van der Waals surface area contributed by atoms with Crippen molar-refractivity contribution in [1.82, 2.24) is 31.5 Å². The summed E-state index contributed by atoms with van der Waals surface area (Å²) < 4.78 is 96.8. The molecule has 4 aliphatic heterocycles. The highest BCUT2D eigenvalue weighted by Gasteiger charge is 2.45. The molecule has 4 fully saturated rings. The third kappa shape index (κ3) is 18.1. The molecule has 0 aromatic heterocycles. The number of nitrogens with one attached hydrogen (secondary N) is 5. The topological polar surface area (TPSA) is 135 Å². The maximum atomic E-state index is 11.9. The van der Waals surface area contributed by atoms with Gasteiger partial charge in [-0.05, 0) is 8.93 Å². The Hall–Kier alpha value is -0.770. The van der Waals surface area contributed by atoms with Crippen LogP contribution in [0.2, 0.25) is 6.82 Å². The van der Waals surface area contributed by atoms with Crippen molar-refractivity contribution in [3.8, 4) is 0 Å². The summed E-state index contributed by atoms with van der Waals surface area (Å²) in [6.07, 6.45) is -7.02. The monoisotopic (exact) mass is 705 g/mol. The first-order valence-corrected chi connectivity index (χ1v) is 18.2. The minimum atomic E-state index is -4.45. The lowest BCUT2D eigenvalue weighted by molar-refractivity contribution is -0.140. The van der Waals surface area contributed by atoms with Gasteiger partial charge in [0.1, 0.15) is 19.1 Å². The highest BCUT2D eigenvalue weighted by atomic mass is 33.6. The fourth-order valence-corrected chi connectivity index (χ4v) is 13.0. The lowest BCUT2D eigenvalue weighted by atomic mass is 10.1. The maximum Gasteiger partial charge on any atom is 0.405 e.